The Morgan fingerprint density at radius 3 is 2.92 bits per heavy atom. The third kappa shape index (κ3) is 2.37. The lowest BCUT2D eigenvalue weighted by molar-refractivity contribution is 0.469. The van der Waals surface area contributed by atoms with Gasteiger partial charge in [0.25, 0.3) is 0 Å². The van der Waals surface area contributed by atoms with E-state index in [4.69, 9.17) is 4.74 Å². The summed E-state index contributed by atoms with van der Waals surface area (Å²) in [5.74, 6) is 1.72. The van der Waals surface area contributed by atoms with Crippen molar-refractivity contribution in [2.45, 2.75) is 0 Å². The number of ether oxygens (including phenoxy) is 1. The number of aromatic nitrogens is 6. The highest BCUT2D eigenvalue weighted by Gasteiger charge is 2.15. The second-order valence-electron chi connectivity index (χ2n) is 5.93. The Balaban J connectivity index is 1.65. The summed E-state index contributed by atoms with van der Waals surface area (Å²) in [6.07, 6.45) is 7.06. The Kier molecular flexibility index (Phi) is 3.18. The molecular formula is C19H14N6O. The number of rotatable bonds is 3. The third-order valence-electron chi connectivity index (χ3n) is 4.22. The Morgan fingerprint density at radius 2 is 2.04 bits per heavy atom. The van der Waals surface area contributed by atoms with Crippen LogP contribution in [0.2, 0.25) is 0 Å². The lowest BCUT2D eigenvalue weighted by atomic mass is 10.2. The highest BCUT2D eigenvalue weighted by atomic mass is 16.5. The van der Waals surface area contributed by atoms with E-state index in [1.807, 2.05) is 49.6 Å². The largest absolute Gasteiger partial charge is 0.438 e. The molecule has 0 aliphatic carbocycles. The van der Waals surface area contributed by atoms with Crippen molar-refractivity contribution in [2.24, 2.45) is 7.05 Å². The minimum atomic E-state index is 0.469. The second-order valence-corrected chi connectivity index (χ2v) is 5.93. The molecule has 0 saturated carbocycles. The van der Waals surface area contributed by atoms with Crippen LogP contribution in [-0.4, -0.2) is 29.7 Å². The fourth-order valence-corrected chi connectivity index (χ4v) is 2.90. The summed E-state index contributed by atoms with van der Waals surface area (Å²) in [6.45, 7) is 0. The van der Waals surface area contributed by atoms with Crippen LogP contribution in [0.5, 0.6) is 11.6 Å². The van der Waals surface area contributed by atoms with Crippen molar-refractivity contribution in [1.29, 1.82) is 0 Å². The fraction of sp³-hybridized carbons (Fsp3) is 0.0526. The molecule has 0 spiro atoms. The van der Waals surface area contributed by atoms with Crippen LogP contribution in [-0.2, 0) is 7.05 Å². The average molecular weight is 342 g/mol. The van der Waals surface area contributed by atoms with Gasteiger partial charge in [-0.25, -0.2) is 4.98 Å². The zero-order chi connectivity index (χ0) is 17.5. The normalized spacial score (nSPS) is 11.3. The van der Waals surface area contributed by atoms with Gasteiger partial charge in [-0.2, -0.15) is 10.1 Å². The van der Waals surface area contributed by atoms with Gasteiger partial charge in [0.1, 0.15) is 11.1 Å². The summed E-state index contributed by atoms with van der Waals surface area (Å²) in [5.41, 5.74) is 2.58. The first-order valence-electron chi connectivity index (χ1n) is 8.13. The number of aromatic amines is 1. The summed E-state index contributed by atoms with van der Waals surface area (Å²) in [6, 6.07) is 11.6. The van der Waals surface area contributed by atoms with Crippen molar-refractivity contribution >= 4 is 21.9 Å². The van der Waals surface area contributed by atoms with Crippen molar-refractivity contribution in [3.63, 3.8) is 0 Å². The zero-order valence-electron chi connectivity index (χ0n) is 13.9. The maximum atomic E-state index is 6.11. The number of pyridine rings is 1. The molecule has 0 saturated heterocycles. The minimum absolute atomic E-state index is 0.469. The first kappa shape index (κ1) is 14.6. The lowest BCUT2D eigenvalue weighted by Crippen LogP contribution is -1.98. The van der Waals surface area contributed by atoms with Crippen LogP contribution in [0.15, 0.2) is 61.2 Å². The maximum Gasteiger partial charge on any atom is 0.234 e. The van der Waals surface area contributed by atoms with E-state index < -0.39 is 0 Å². The van der Waals surface area contributed by atoms with Gasteiger partial charge in [-0.05, 0) is 36.4 Å². The van der Waals surface area contributed by atoms with Gasteiger partial charge >= 0.3 is 0 Å². The van der Waals surface area contributed by atoms with Gasteiger partial charge in [-0.3, -0.25) is 9.67 Å². The SMILES string of the molecule is Cn1ncc2c(Oc3ccc4[nH]ccc4c3)nc(-c3cccnc3)nc21. The molecule has 0 aliphatic heterocycles. The molecule has 7 nitrogen and oxygen atoms in total. The van der Waals surface area contributed by atoms with E-state index >= 15 is 0 Å². The number of nitrogens with one attached hydrogen (secondary N) is 1. The molecule has 0 aliphatic rings. The summed E-state index contributed by atoms with van der Waals surface area (Å²) in [7, 11) is 1.85. The lowest BCUT2D eigenvalue weighted by Gasteiger charge is -2.08. The van der Waals surface area contributed by atoms with E-state index in [0.29, 0.717) is 23.1 Å². The smallest absolute Gasteiger partial charge is 0.234 e. The van der Waals surface area contributed by atoms with Crippen LogP contribution >= 0.6 is 0 Å². The highest BCUT2D eigenvalue weighted by molar-refractivity contribution is 5.83. The number of aryl methyl sites for hydroxylation is 1. The van der Waals surface area contributed by atoms with Gasteiger partial charge in [-0.15, -0.1) is 0 Å². The van der Waals surface area contributed by atoms with Crippen molar-refractivity contribution in [3.05, 3.63) is 61.2 Å². The van der Waals surface area contributed by atoms with Crippen molar-refractivity contribution < 1.29 is 4.74 Å². The summed E-state index contributed by atoms with van der Waals surface area (Å²) < 4.78 is 7.81. The molecule has 4 heterocycles. The van der Waals surface area contributed by atoms with Crippen LogP contribution in [0.3, 0.4) is 0 Å². The molecule has 0 amide bonds. The maximum absolute atomic E-state index is 6.11. The van der Waals surface area contributed by atoms with E-state index in [-0.39, 0.29) is 0 Å². The molecule has 0 unspecified atom stereocenters. The fourth-order valence-electron chi connectivity index (χ4n) is 2.90. The number of nitrogens with zero attached hydrogens (tertiary/aromatic N) is 5. The number of H-pyrrole nitrogens is 1. The Hall–Kier alpha value is -3.74. The molecule has 0 atom stereocenters. The molecule has 5 aromatic rings. The van der Waals surface area contributed by atoms with Crippen LogP contribution in [0.4, 0.5) is 0 Å². The molecule has 0 radical (unpaired) electrons. The van der Waals surface area contributed by atoms with E-state index in [2.05, 4.69) is 25.0 Å². The van der Waals surface area contributed by atoms with Crippen molar-refractivity contribution in [3.8, 4) is 23.0 Å². The van der Waals surface area contributed by atoms with Crippen LogP contribution in [0.25, 0.3) is 33.3 Å². The summed E-state index contributed by atoms with van der Waals surface area (Å²) in [4.78, 5) is 16.5. The van der Waals surface area contributed by atoms with Gasteiger partial charge in [0.05, 0.1) is 6.20 Å². The van der Waals surface area contributed by atoms with Gasteiger partial charge in [0, 0.05) is 42.1 Å². The molecule has 126 valence electrons. The second kappa shape index (κ2) is 5.66. The molecule has 0 bridgehead atoms. The number of hydrogen-bond acceptors (Lipinski definition) is 5. The molecule has 4 aromatic heterocycles. The Morgan fingerprint density at radius 1 is 1.08 bits per heavy atom. The Labute approximate surface area is 148 Å². The minimum Gasteiger partial charge on any atom is -0.438 e. The van der Waals surface area contributed by atoms with Crippen LogP contribution in [0.1, 0.15) is 0 Å². The molecule has 5 rings (SSSR count). The molecule has 7 heteroatoms. The topological polar surface area (TPSA) is 81.5 Å². The molecule has 0 fully saturated rings. The Bertz CT molecular complexity index is 1220. The molecule has 1 aromatic carbocycles. The summed E-state index contributed by atoms with van der Waals surface area (Å²) >= 11 is 0. The third-order valence-corrected chi connectivity index (χ3v) is 4.22. The van der Waals surface area contributed by atoms with Crippen molar-refractivity contribution in [2.75, 3.05) is 0 Å². The van der Waals surface area contributed by atoms with E-state index in [1.54, 1.807) is 23.3 Å². The molecular weight excluding hydrogens is 328 g/mol. The predicted octanol–water partition coefficient (Wildman–Crippen LogP) is 3.70. The first-order chi connectivity index (χ1) is 12.8. The monoisotopic (exact) mass is 342 g/mol. The van der Waals surface area contributed by atoms with Gasteiger partial charge in [0.15, 0.2) is 11.5 Å². The standard InChI is InChI=1S/C19H14N6O/c1-25-18-15(11-22-25)19(24-17(23-18)13-3-2-7-20-10-13)26-14-4-5-16-12(9-14)6-8-21-16/h2-11,21H,1H3. The van der Waals surface area contributed by atoms with E-state index in [9.17, 15) is 0 Å². The zero-order valence-corrected chi connectivity index (χ0v) is 13.9. The first-order valence-corrected chi connectivity index (χ1v) is 8.13. The molecule has 26 heavy (non-hydrogen) atoms. The van der Waals surface area contributed by atoms with Crippen LogP contribution < -0.4 is 4.74 Å². The summed E-state index contributed by atoms with van der Waals surface area (Å²) in [5, 5.41) is 6.12. The van der Waals surface area contributed by atoms with Gasteiger partial charge in [0.2, 0.25) is 5.88 Å². The van der Waals surface area contributed by atoms with Crippen LogP contribution in [0, 0.1) is 0 Å². The average Bonchev–Trinajstić information content (AvgIpc) is 3.29. The number of fused-ring (bicyclic) bond motifs is 2. The van der Waals surface area contributed by atoms with Crippen molar-refractivity contribution in [1.82, 2.24) is 29.7 Å². The van der Waals surface area contributed by atoms with Gasteiger partial charge < -0.3 is 9.72 Å². The number of benzene rings is 1. The highest BCUT2D eigenvalue weighted by Crippen LogP contribution is 2.31. The van der Waals surface area contributed by atoms with Gasteiger partial charge in [-0.1, -0.05) is 0 Å². The molecule has 1 N–H and O–H groups in total. The number of hydrogen-bond donors (Lipinski definition) is 1. The predicted molar refractivity (Wildman–Crippen MR) is 97.9 cm³/mol. The van der Waals surface area contributed by atoms with E-state index in [1.165, 1.54) is 0 Å². The van der Waals surface area contributed by atoms with E-state index in [0.717, 1.165) is 21.9 Å². The quantitative estimate of drug-likeness (QED) is 0.541.